The Balaban J connectivity index is 1.35. The number of rotatable bonds is 6. The highest BCUT2D eigenvalue weighted by atomic mass is 32.2. The number of hydrogen-bond donors (Lipinski definition) is 0. The summed E-state index contributed by atoms with van der Waals surface area (Å²) < 4.78 is 0. The molecule has 0 N–H and O–H groups in total. The van der Waals surface area contributed by atoms with Crippen molar-refractivity contribution in [2.24, 2.45) is 0 Å². The van der Waals surface area contributed by atoms with E-state index in [-0.39, 0.29) is 0 Å². The van der Waals surface area contributed by atoms with Gasteiger partial charge in [-0.2, -0.15) is 0 Å². The molecular formula is C30H26S. The Bertz CT molecular complexity index is 1060. The topological polar surface area (TPSA) is 0 Å². The summed E-state index contributed by atoms with van der Waals surface area (Å²) in [6.45, 7) is 4.22. The van der Waals surface area contributed by atoms with Crippen molar-refractivity contribution in [2.75, 3.05) is 0 Å². The summed E-state index contributed by atoms with van der Waals surface area (Å²) in [7, 11) is 0. The number of benzene rings is 4. The molecule has 0 amide bonds. The van der Waals surface area contributed by atoms with Crippen LogP contribution in [-0.2, 0) is 0 Å². The summed E-state index contributed by atoms with van der Waals surface area (Å²) in [6.07, 6.45) is 8.64. The van der Waals surface area contributed by atoms with Crippen molar-refractivity contribution in [3.63, 3.8) is 0 Å². The molecule has 4 aromatic carbocycles. The summed E-state index contributed by atoms with van der Waals surface area (Å²) in [4.78, 5) is 2.49. The van der Waals surface area contributed by atoms with Crippen molar-refractivity contribution in [1.82, 2.24) is 0 Å². The summed E-state index contributed by atoms with van der Waals surface area (Å²) in [5.41, 5.74) is 7.44. The van der Waals surface area contributed by atoms with Gasteiger partial charge in [-0.15, -0.1) is 0 Å². The van der Waals surface area contributed by atoms with Crippen molar-refractivity contribution in [1.29, 1.82) is 0 Å². The maximum absolute atomic E-state index is 2.19. The first kappa shape index (κ1) is 21.0. The zero-order valence-corrected chi connectivity index (χ0v) is 18.8. The van der Waals surface area contributed by atoms with E-state index in [1.54, 1.807) is 11.8 Å². The Morgan fingerprint density at radius 3 is 0.935 bits per heavy atom. The van der Waals surface area contributed by atoms with Gasteiger partial charge in [-0.25, -0.2) is 0 Å². The van der Waals surface area contributed by atoms with E-state index < -0.39 is 0 Å². The molecule has 0 nitrogen and oxygen atoms in total. The first-order valence-corrected chi connectivity index (χ1v) is 11.3. The van der Waals surface area contributed by atoms with Gasteiger partial charge in [0.05, 0.1) is 0 Å². The molecule has 0 saturated heterocycles. The second kappa shape index (κ2) is 10.1. The Morgan fingerprint density at radius 2 is 0.645 bits per heavy atom. The van der Waals surface area contributed by atoms with Crippen molar-refractivity contribution >= 4 is 36.1 Å². The van der Waals surface area contributed by atoms with Gasteiger partial charge in [0.15, 0.2) is 0 Å². The van der Waals surface area contributed by atoms with E-state index in [9.17, 15) is 0 Å². The van der Waals surface area contributed by atoms with Gasteiger partial charge in [0.2, 0.25) is 0 Å². The molecule has 31 heavy (non-hydrogen) atoms. The second-order valence-electron chi connectivity index (χ2n) is 7.73. The molecule has 0 fully saturated rings. The monoisotopic (exact) mass is 418 g/mol. The van der Waals surface area contributed by atoms with Crippen LogP contribution in [0, 0.1) is 13.8 Å². The lowest BCUT2D eigenvalue weighted by Gasteiger charge is -2.03. The van der Waals surface area contributed by atoms with Crippen molar-refractivity contribution in [3.8, 4) is 0 Å². The standard InChI is InChI=1S/C30H26S/c1-23-3-7-25(8-4-23)11-13-27-15-19-29(20-16-27)31-30-21-17-28(18-22-30)14-12-26-9-5-24(2)6-10-26/h3-22H,1-2H3. The highest BCUT2D eigenvalue weighted by molar-refractivity contribution is 7.99. The molecule has 0 heterocycles. The van der Waals surface area contributed by atoms with E-state index in [4.69, 9.17) is 0 Å². The minimum absolute atomic E-state index is 1.21. The smallest absolute Gasteiger partial charge is 0.0122 e. The molecular weight excluding hydrogens is 392 g/mol. The summed E-state index contributed by atoms with van der Waals surface area (Å²) in [5.74, 6) is 0. The molecule has 0 unspecified atom stereocenters. The first-order chi connectivity index (χ1) is 15.1. The minimum atomic E-state index is 1.21. The van der Waals surface area contributed by atoms with Crippen molar-refractivity contribution in [2.45, 2.75) is 23.6 Å². The molecule has 0 spiro atoms. The van der Waals surface area contributed by atoms with E-state index in [1.165, 1.54) is 43.2 Å². The second-order valence-corrected chi connectivity index (χ2v) is 8.88. The Hall–Kier alpha value is -3.29. The quantitative estimate of drug-likeness (QED) is 0.282. The molecule has 0 aliphatic carbocycles. The Kier molecular flexibility index (Phi) is 6.86. The summed E-state index contributed by atoms with van der Waals surface area (Å²) in [5, 5.41) is 0. The largest absolute Gasteiger partial charge is 0.0901 e. The first-order valence-electron chi connectivity index (χ1n) is 10.5. The van der Waals surface area contributed by atoms with Gasteiger partial charge in [0.25, 0.3) is 0 Å². The van der Waals surface area contributed by atoms with E-state index in [0.717, 1.165) is 0 Å². The van der Waals surface area contributed by atoms with E-state index in [1.807, 2.05) is 0 Å². The van der Waals surface area contributed by atoms with Crippen molar-refractivity contribution < 1.29 is 0 Å². The molecule has 0 radical (unpaired) electrons. The van der Waals surface area contributed by atoms with Gasteiger partial charge in [-0.3, -0.25) is 0 Å². The van der Waals surface area contributed by atoms with Crippen LogP contribution >= 0.6 is 11.8 Å². The molecule has 4 rings (SSSR count). The molecule has 152 valence electrons. The van der Waals surface area contributed by atoms with E-state index >= 15 is 0 Å². The van der Waals surface area contributed by atoms with Crippen LogP contribution in [0.3, 0.4) is 0 Å². The van der Waals surface area contributed by atoms with Crippen LogP contribution in [0.25, 0.3) is 24.3 Å². The Labute approximate surface area is 190 Å². The fourth-order valence-corrected chi connectivity index (χ4v) is 3.99. The highest BCUT2D eigenvalue weighted by Gasteiger charge is 1.98. The molecule has 0 atom stereocenters. The highest BCUT2D eigenvalue weighted by Crippen LogP contribution is 2.28. The predicted molar refractivity (Wildman–Crippen MR) is 137 cm³/mol. The third kappa shape index (κ3) is 6.34. The molecule has 1 heteroatoms. The average molecular weight is 419 g/mol. The van der Waals surface area contributed by atoms with Gasteiger partial charge in [0, 0.05) is 9.79 Å². The van der Waals surface area contributed by atoms with Crippen LogP contribution in [-0.4, -0.2) is 0 Å². The predicted octanol–water partition coefficient (Wildman–Crippen LogP) is 8.80. The van der Waals surface area contributed by atoms with Crippen LogP contribution in [0.2, 0.25) is 0 Å². The van der Waals surface area contributed by atoms with Gasteiger partial charge in [-0.1, -0.05) is 120 Å². The van der Waals surface area contributed by atoms with Crippen LogP contribution in [0.15, 0.2) is 107 Å². The molecule has 0 aromatic heterocycles. The maximum atomic E-state index is 2.19. The van der Waals surface area contributed by atoms with Crippen LogP contribution < -0.4 is 0 Å². The van der Waals surface area contributed by atoms with Gasteiger partial charge in [0.1, 0.15) is 0 Å². The van der Waals surface area contributed by atoms with Crippen LogP contribution in [0.5, 0.6) is 0 Å². The lowest BCUT2D eigenvalue weighted by Crippen LogP contribution is -1.78. The average Bonchev–Trinajstić information content (AvgIpc) is 2.80. The zero-order valence-electron chi connectivity index (χ0n) is 18.0. The summed E-state index contributed by atoms with van der Waals surface area (Å²) in [6, 6.07) is 34.6. The third-order valence-electron chi connectivity index (χ3n) is 5.09. The van der Waals surface area contributed by atoms with Gasteiger partial charge >= 0.3 is 0 Å². The minimum Gasteiger partial charge on any atom is -0.0901 e. The van der Waals surface area contributed by atoms with E-state index in [0.29, 0.717) is 0 Å². The molecule has 0 aliphatic heterocycles. The van der Waals surface area contributed by atoms with E-state index in [2.05, 4.69) is 135 Å². The van der Waals surface area contributed by atoms with Crippen molar-refractivity contribution in [3.05, 3.63) is 130 Å². The third-order valence-corrected chi connectivity index (χ3v) is 6.10. The fourth-order valence-electron chi connectivity index (χ4n) is 3.17. The normalized spacial score (nSPS) is 11.4. The zero-order chi connectivity index (χ0) is 21.5. The SMILES string of the molecule is Cc1ccc(C=Cc2ccc(Sc3ccc(C=Cc4ccc(C)cc4)cc3)cc2)cc1. The molecule has 0 saturated carbocycles. The maximum Gasteiger partial charge on any atom is 0.0122 e. The molecule has 4 aromatic rings. The van der Waals surface area contributed by atoms with Gasteiger partial charge in [-0.05, 0) is 60.4 Å². The number of hydrogen-bond acceptors (Lipinski definition) is 1. The van der Waals surface area contributed by atoms with Crippen LogP contribution in [0.4, 0.5) is 0 Å². The number of aryl methyl sites for hydroxylation is 2. The lowest BCUT2D eigenvalue weighted by atomic mass is 10.1. The fraction of sp³-hybridized carbons (Fsp3) is 0.0667. The van der Waals surface area contributed by atoms with Gasteiger partial charge < -0.3 is 0 Å². The summed E-state index contributed by atoms with van der Waals surface area (Å²) >= 11 is 1.79. The van der Waals surface area contributed by atoms with Crippen LogP contribution in [0.1, 0.15) is 33.4 Å². The molecule has 0 bridgehead atoms. The Morgan fingerprint density at radius 1 is 0.387 bits per heavy atom. The molecule has 0 aliphatic rings. The lowest BCUT2D eigenvalue weighted by molar-refractivity contribution is 1.40.